The SMILES string of the molecule is COc1ccc(OC)c(N(CC(=O)N(C)Cc2ccccc2OC)S(=O)(=O)c2ccc(C)cc2)c1. The van der Waals surface area contributed by atoms with Gasteiger partial charge in [0.15, 0.2) is 0 Å². The molecule has 0 aliphatic carbocycles. The van der Waals surface area contributed by atoms with E-state index in [2.05, 4.69) is 0 Å². The molecule has 8 nitrogen and oxygen atoms in total. The Hall–Kier alpha value is -3.72. The zero-order chi connectivity index (χ0) is 25.6. The number of rotatable bonds is 10. The number of sulfonamides is 1. The predicted molar refractivity (Wildman–Crippen MR) is 135 cm³/mol. The Morgan fingerprint density at radius 2 is 1.51 bits per heavy atom. The summed E-state index contributed by atoms with van der Waals surface area (Å²) < 4.78 is 44.7. The maximum Gasteiger partial charge on any atom is 0.264 e. The first-order valence-electron chi connectivity index (χ1n) is 10.9. The van der Waals surface area contributed by atoms with Crippen molar-refractivity contribution in [3.63, 3.8) is 0 Å². The zero-order valence-electron chi connectivity index (χ0n) is 20.5. The number of methoxy groups -OCH3 is 3. The molecule has 0 bridgehead atoms. The molecular formula is C26H30N2O6S. The van der Waals surface area contributed by atoms with Crippen LogP contribution in [0, 0.1) is 6.92 Å². The van der Waals surface area contributed by atoms with Crippen LogP contribution in [-0.2, 0) is 21.4 Å². The normalized spacial score (nSPS) is 11.0. The number of carbonyl (C=O) groups excluding carboxylic acids is 1. The summed E-state index contributed by atoms with van der Waals surface area (Å²) in [6.07, 6.45) is 0. The van der Waals surface area contributed by atoms with Gasteiger partial charge in [-0.05, 0) is 37.3 Å². The second-order valence-electron chi connectivity index (χ2n) is 7.92. The van der Waals surface area contributed by atoms with Crippen molar-refractivity contribution in [3.8, 4) is 17.2 Å². The monoisotopic (exact) mass is 498 g/mol. The van der Waals surface area contributed by atoms with Crippen molar-refractivity contribution in [1.82, 2.24) is 4.90 Å². The molecule has 3 aromatic carbocycles. The maximum absolute atomic E-state index is 13.8. The minimum atomic E-state index is -4.12. The van der Waals surface area contributed by atoms with Gasteiger partial charge in [0.05, 0.1) is 31.9 Å². The number of likely N-dealkylation sites (N-methyl/N-ethyl adjacent to an activating group) is 1. The van der Waals surface area contributed by atoms with E-state index in [1.54, 1.807) is 38.4 Å². The molecule has 0 heterocycles. The average molecular weight is 499 g/mol. The van der Waals surface area contributed by atoms with Gasteiger partial charge in [0, 0.05) is 25.2 Å². The molecule has 0 unspecified atom stereocenters. The number of ether oxygens (including phenoxy) is 3. The van der Waals surface area contributed by atoms with Gasteiger partial charge in [0.25, 0.3) is 10.0 Å². The van der Waals surface area contributed by atoms with E-state index in [0.29, 0.717) is 17.2 Å². The lowest BCUT2D eigenvalue weighted by molar-refractivity contribution is -0.128. The summed E-state index contributed by atoms with van der Waals surface area (Å²) in [6.45, 7) is 1.68. The van der Waals surface area contributed by atoms with Crippen LogP contribution in [0.5, 0.6) is 17.2 Å². The molecule has 0 saturated carbocycles. The van der Waals surface area contributed by atoms with Gasteiger partial charge in [0.1, 0.15) is 23.8 Å². The molecular weight excluding hydrogens is 468 g/mol. The number of para-hydroxylation sites is 1. The molecule has 0 saturated heterocycles. The van der Waals surface area contributed by atoms with Gasteiger partial charge in [-0.25, -0.2) is 8.42 Å². The first kappa shape index (κ1) is 25.9. The van der Waals surface area contributed by atoms with Gasteiger partial charge in [-0.15, -0.1) is 0 Å². The second-order valence-corrected chi connectivity index (χ2v) is 9.79. The summed E-state index contributed by atoms with van der Waals surface area (Å²) in [5.41, 5.74) is 1.92. The lowest BCUT2D eigenvalue weighted by Gasteiger charge is -2.28. The molecule has 0 spiro atoms. The van der Waals surface area contributed by atoms with Crippen LogP contribution in [0.1, 0.15) is 11.1 Å². The topological polar surface area (TPSA) is 85.4 Å². The molecule has 0 N–H and O–H groups in total. The van der Waals surface area contributed by atoms with Crippen LogP contribution < -0.4 is 18.5 Å². The third kappa shape index (κ3) is 5.86. The van der Waals surface area contributed by atoms with E-state index in [-0.39, 0.29) is 17.1 Å². The third-order valence-corrected chi connectivity index (χ3v) is 7.34. The third-order valence-electron chi connectivity index (χ3n) is 5.57. The quantitative estimate of drug-likeness (QED) is 0.422. The van der Waals surface area contributed by atoms with Crippen LogP contribution in [0.2, 0.25) is 0 Å². The summed E-state index contributed by atoms with van der Waals surface area (Å²) in [4.78, 5) is 14.8. The fourth-order valence-corrected chi connectivity index (χ4v) is 4.97. The lowest BCUT2D eigenvalue weighted by Crippen LogP contribution is -2.41. The highest BCUT2D eigenvalue weighted by Gasteiger charge is 2.31. The van der Waals surface area contributed by atoms with E-state index >= 15 is 0 Å². The second kappa shape index (κ2) is 11.1. The molecule has 35 heavy (non-hydrogen) atoms. The van der Waals surface area contributed by atoms with E-state index < -0.39 is 22.5 Å². The van der Waals surface area contributed by atoms with Crippen molar-refractivity contribution >= 4 is 21.6 Å². The van der Waals surface area contributed by atoms with Gasteiger partial charge < -0.3 is 19.1 Å². The highest BCUT2D eigenvalue weighted by Crippen LogP contribution is 2.36. The number of nitrogens with zero attached hydrogens (tertiary/aromatic N) is 2. The Morgan fingerprint density at radius 1 is 0.857 bits per heavy atom. The minimum absolute atomic E-state index is 0.0631. The highest BCUT2D eigenvalue weighted by molar-refractivity contribution is 7.92. The van der Waals surface area contributed by atoms with Crippen molar-refractivity contribution in [2.75, 3.05) is 39.2 Å². The molecule has 0 radical (unpaired) electrons. The Labute approximate surface area is 206 Å². The van der Waals surface area contributed by atoms with Crippen molar-refractivity contribution in [1.29, 1.82) is 0 Å². The van der Waals surface area contributed by atoms with Crippen LogP contribution >= 0.6 is 0 Å². The van der Waals surface area contributed by atoms with Crippen LogP contribution in [0.4, 0.5) is 5.69 Å². The van der Waals surface area contributed by atoms with Gasteiger partial charge in [-0.3, -0.25) is 9.10 Å². The fraction of sp³-hybridized carbons (Fsp3) is 0.269. The lowest BCUT2D eigenvalue weighted by atomic mass is 10.2. The molecule has 3 aromatic rings. The molecule has 0 atom stereocenters. The van der Waals surface area contributed by atoms with Gasteiger partial charge in [-0.2, -0.15) is 0 Å². The molecule has 9 heteroatoms. The van der Waals surface area contributed by atoms with Gasteiger partial charge in [0.2, 0.25) is 5.91 Å². The van der Waals surface area contributed by atoms with Crippen LogP contribution in [-0.4, -0.2) is 54.1 Å². The first-order valence-corrected chi connectivity index (χ1v) is 12.3. The molecule has 0 aliphatic heterocycles. The zero-order valence-corrected chi connectivity index (χ0v) is 21.3. The van der Waals surface area contributed by atoms with E-state index in [1.807, 2.05) is 31.2 Å². The van der Waals surface area contributed by atoms with Crippen molar-refractivity contribution < 1.29 is 27.4 Å². The summed E-state index contributed by atoms with van der Waals surface area (Å²) in [6, 6.07) is 18.6. The number of carbonyl (C=O) groups is 1. The van der Waals surface area contributed by atoms with E-state index in [1.165, 1.54) is 37.3 Å². The molecule has 1 amide bonds. The Bertz CT molecular complexity index is 1280. The summed E-state index contributed by atoms with van der Waals surface area (Å²) in [5.74, 6) is 0.962. The smallest absolute Gasteiger partial charge is 0.264 e. The summed E-state index contributed by atoms with van der Waals surface area (Å²) >= 11 is 0. The number of benzene rings is 3. The molecule has 0 aromatic heterocycles. The Morgan fingerprint density at radius 3 is 2.14 bits per heavy atom. The maximum atomic E-state index is 13.8. The van der Waals surface area contributed by atoms with Crippen molar-refractivity contribution in [3.05, 3.63) is 77.9 Å². The summed E-state index contributed by atoms with van der Waals surface area (Å²) in [5, 5.41) is 0. The minimum Gasteiger partial charge on any atom is -0.497 e. The Kier molecular flexibility index (Phi) is 8.24. The van der Waals surface area contributed by atoms with E-state index in [9.17, 15) is 13.2 Å². The van der Waals surface area contributed by atoms with E-state index in [0.717, 1.165) is 15.4 Å². The Balaban J connectivity index is 2.02. The van der Waals surface area contributed by atoms with Crippen LogP contribution in [0.15, 0.2) is 71.6 Å². The fourth-order valence-electron chi connectivity index (χ4n) is 3.55. The number of hydrogen-bond donors (Lipinski definition) is 0. The van der Waals surface area contributed by atoms with Crippen LogP contribution in [0.25, 0.3) is 0 Å². The van der Waals surface area contributed by atoms with Gasteiger partial charge in [-0.1, -0.05) is 35.9 Å². The molecule has 0 fully saturated rings. The highest BCUT2D eigenvalue weighted by atomic mass is 32.2. The standard InChI is InChI=1S/C26H30N2O6S/c1-19-10-13-22(14-11-19)35(30,31)28(23-16-21(32-3)12-15-25(23)34-5)18-26(29)27(2)17-20-8-6-7-9-24(20)33-4/h6-16H,17-18H2,1-5H3. The number of amides is 1. The van der Waals surface area contributed by atoms with Crippen molar-refractivity contribution in [2.24, 2.45) is 0 Å². The predicted octanol–water partition coefficient (Wildman–Crippen LogP) is 3.87. The molecule has 186 valence electrons. The number of aryl methyl sites for hydroxylation is 1. The van der Waals surface area contributed by atoms with Gasteiger partial charge >= 0.3 is 0 Å². The average Bonchev–Trinajstić information content (AvgIpc) is 2.87. The van der Waals surface area contributed by atoms with Crippen molar-refractivity contribution in [2.45, 2.75) is 18.4 Å². The van der Waals surface area contributed by atoms with E-state index in [4.69, 9.17) is 14.2 Å². The number of hydrogen-bond acceptors (Lipinski definition) is 6. The number of anilines is 1. The largest absolute Gasteiger partial charge is 0.497 e. The molecule has 0 aliphatic rings. The molecule has 3 rings (SSSR count). The first-order chi connectivity index (χ1) is 16.7. The van der Waals surface area contributed by atoms with Crippen LogP contribution in [0.3, 0.4) is 0 Å². The summed E-state index contributed by atoms with van der Waals surface area (Å²) in [7, 11) is 1.99.